The van der Waals surface area contributed by atoms with Crippen molar-refractivity contribution in [2.24, 2.45) is 0 Å². The molecule has 4 aromatic rings. The smallest absolute Gasteiger partial charge is 0.342 e. The number of esters is 1. The molecule has 0 saturated carbocycles. The van der Waals surface area contributed by atoms with E-state index in [0.29, 0.717) is 29.2 Å². The molecule has 0 fully saturated rings. The molecule has 1 unspecified atom stereocenters. The highest BCUT2D eigenvalue weighted by Gasteiger charge is 2.55. The van der Waals surface area contributed by atoms with E-state index in [1.807, 2.05) is 110 Å². The Labute approximate surface area is 247 Å². The van der Waals surface area contributed by atoms with Gasteiger partial charge in [0.1, 0.15) is 5.75 Å². The third-order valence-electron chi connectivity index (χ3n) is 6.56. The van der Waals surface area contributed by atoms with E-state index in [2.05, 4.69) is 0 Å². The first-order valence-electron chi connectivity index (χ1n) is 12.2. The molecule has 5 rings (SSSR count). The number of halogens is 4. The quantitative estimate of drug-likeness (QED) is 0.120. The summed E-state index contributed by atoms with van der Waals surface area (Å²) in [5, 5.41) is 0.0903. The van der Waals surface area contributed by atoms with Crippen molar-refractivity contribution in [1.82, 2.24) is 0 Å². The average molecular weight is 602 g/mol. The number of benzene rings is 4. The largest absolute Gasteiger partial charge is 0.494 e. The summed E-state index contributed by atoms with van der Waals surface area (Å²) in [6.45, 7) is 2.45. The van der Waals surface area contributed by atoms with Crippen LogP contribution in [0.2, 0.25) is 20.1 Å². The van der Waals surface area contributed by atoms with Gasteiger partial charge in [-0.1, -0.05) is 76.7 Å². The number of anilines is 3. The molecule has 1 aliphatic rings. The second-order valence-electron chi connectivity index (χ2n) is 9.08. The van der Waals surface area contributed by atoms with Crippen LogP contribution in [-0.4, -0.2) is 26.7 Å². The van der Waals surface area contributed by atoms with E-state index in [1.54, 1.807) is 0 Å². The predicted octanol–water partition coefficient (Wildman–Crippen LogP) is 8.97. The van der Waals surface area contributed by atoms with Gasteiger partial charge in [-0.15, -0.1) is 0 Å². The van der Waals surface area contributed by atoms with E-state index in [0.717, 1.165) is 11.4 Å². The SMILES string of the molecule is CCOc1ccc(N(c2ccccc2)C2(c3ccc(N(C)C)cc3)OC(=O)c3c(Cl)c(Cl)c(Cl)c(Cl)c32)cc1. The Kier molecular flexibility index (Phi) is 7.62. The summed E-state index contributed by atoms with van der Waals surface area (Å²) in [7, 11) is 3.90. The van der Waals surface area contributed by atoms with Gasteiger partial charge in [-0.05, 0) is 55.5 Å². The van der Waals surface area contributed by atoms with Gasteiger partial charge in [-0.25, -0.2) is 4.79 Å². The molecule has 9 heteroatoms. The van der Waals surface area contributed by atoms with Crippen LogP contribution < -0.4 is 14.5 Å². The molecular formula is C30H24Cl4N2O3. The number of cyclic esters (lactones) is 1. The van der Waals surface area contributed by atoms with E-state index in [4.69, 9.17) is 55.9 Å². The molecule has 0 aliphatic carbocycles. The molecule has 200 valence electrons. The molecule has 0 radical (unpaired) electrons. The highest BCUT2D eigenvalue weighted by molar-refractivity contribution is 6.53. The Hall–Kier alpha value is -3.09. The molecule has 1 aliphatic heterocycles. The van der Waals surface area contributed by atoms with Gasteiger partial charge < -0.3 is 14.4 Å². The molecule has 0 aromatic heterocycles. The summed E-state index contributed by atoms with van der Waals surface area (Å²) >= 11 is 26.5. The summed E-state index contributed by atoms with van der Waals surface area (Å²) in [6.07, 6.45) is 0. The maximum Gasteiger partial charge on any atom is 0.342 e. The van der Waals surface area contributed by atoms with Gasteiger partial charge in [0, 0.05) is 36.7 Å². The summed E-state index contributed by atoms with van der Waals surface area (Å²) in [5.41, 5.74) is 1.83. The van der Waals surface area contributed by atoms with Gasteiger partial charge >= 0.3 is 5.97 Å². The molecule has 1 heterocycles. The van der Waals surface area contributed by atoms with Crippen molar-refractivity contribution in [3.63, 3.8) is 0 Å². The van der Waals surface area contributed by atoms with Crippen LogP contribution in [0.5, 0.6) is 5.75 Å². The Balaban J connectivity index is 1.89. The number of hydrogen-bond donors (Lipinski definition) is 0. The Morgan fingerprint density at radius 1 is 0.744 bits per heavy atom. The molecule has 4 aromatic carbocycles. The summed E-state index contributed by atoms with van der Waals surface area (Å²) in [4.78, 5) is 17.5. The number of hydrogen-bond acceptors (Lipinski definition) is 5. The van der Waals surface area contributed by atoms with Gasteiger partial charge in [-0.2, -0.15) is 0 Å². The Morgan fingerprint density at radius 2 is 1.31 bits per heavy atom. The molecule has 0 N–H and O–H groups in total. The van der Waals surface area contributed by atoms with Crippen molar-refractivity contribution < 1.29 is 14.3 Å². The van der Waals surface area contributed by atoms with E-state index in [-0.39, 0.29) is 25.7 Å². The third kappa shape index (κ3) is 4.57. The number of para-hydroxylation sites is 1. The normalized spacial score (nSPS) is 16.0. The lowest BCUT2D eigenvalue weighted by Gasteiger charge is -2.42. The molecule has 1 atom stereocenters. The number of ether oxygens (including phenoxy) is 2. The van der Waals surface area contributed by atoms with E-state index < -0.39 is 11.7 Å². The zero-order chi connectivity index (χ0) is 27.9. The molecule has 5 nitrogen and oxygen atoms in total. The molecule has 0 saturated heterocycles. The lowest BCUT2D eigenvalue weighted by atomic mass is 9.89. The second-order valence-corrected chi connectivity index (χ2v) is 10.6. The molecular weight excluding hydrogens is 578 g/mol. The van der Waals surface area contributed by atoms with Crippen molar-refractivity contribution in [2.75, 3.05) is 30.5 Å². The lowest BCUT2D eigenvalue weighted by Crippen LogP contribution is -2.45. The van der Waals surface area contributed by atoms with Crippen LogP contribution in [0.1, 0.15) is 28.4 Å². The van der Waals surface area contributed by atoms with Gasteiger partial charge in [0.15, 0.2) is 0 Å². The lowest BCUT2D eigenvalue weighted by molar-refractivity contribution is 0.0134. The summed E-state index contributed by atoms with van der Waals surface area (Å²) < 4.78 is 12.1. The molecule has 39 heavy (non-hydrogen) atoms. The zero-order valence-electron chi connectivity index (χ0n) is 21.3. The van der Waals surface area contributed by atoms with Crippen LogP contribution in [0.15, 0.2) is 78.9 Å². The molecule has 0 amide bonds. The van der Waals surface area contributed by atoms with E-state index in [9.17, 15) is 4.79 Å². The van der Waals surface area contributed by atoms with Crippen LogP contribution in [0, 0.1) is 0 Å². The Morgan fingerprint density at radius 3 is 1.90 bits per heavy atom. The van der Waals surface area contributed by atoms with E-state index >= 15 is 0 Å². The minimum atomic E-state index is -1.58. The maximum absolute atomic E-state index is 13.7. The van der Waals surface area contributed by atoms with Crippen LogP contribution in [0.4, 0.5) is 17.1 Å². The summed E-state index contributed by atoms with van der Waals surface area (Å²) in [5.74, 6) is 0.0392. The number of nitrogens with zero attached hydrogens (tertiary/aromatic N) is 2. The first-order chi connectivity index (χ1) is 18.7. The average Bonchev–Trinajstić information content (AvgIpc) is 3.26. The number of carbonyl (C=O) groups excluding carboxylic acids is 1. The zero-order valence-corrected chi connectivity index (χ0v) is 24.4. The van der Waals surface area contributed by atoms with Gasteiger partial charge in [-0.3, -0.25) is 4.90 Å². The minimum absolute atomic E-state index is 0.00915. The van der Waals surface area contributed by atoms with Crippen LogP contribution >= 0.6 is 46.4 Å². The van der Waals surface area contributed by atoms with Crippen LogP contribution in [0.25, 0.3) is 0 Å². The monoisotopic (exact) mass is 600 g/mol. The summed E-state index contributed by atoms with van der Waals surface area (Å²) in [6, 6.07) is 24.8. The van der Waals surface area contributed by atoms with Crippen molar-refractivity contribution in [1.29, 1.82) is 0 Å². The first-order valence-corrected chi connectivity index (χ1v) is 13.7. The number of carbonyl (C=O) groups is 1. The second kappa shape index (κ2) is 10.8. The number of rotatable bonds is 7. The van der Waals surface area contributed by atoms with Gasteiger partial charge in [0.05, 0.1) is 37.8 Å². The van der Waals surface area contributed by atoms with Crippen LogP contribution in [-0.2, 0) is 10.5 Å². The van der Waals surface area contributed by atoms with Crippen molar-refractivity contribution >= 4 is 69.4 Å². The van der Waals surface area contributed by atoms with E-state index in [1.165, 1.54) is 0 Å². The highest BCUT2D eigenvalue weighted by atomic mass is 35.5. The predicted molar refractivity (Wildman–Crippen MR) is 160 cm³/mol. The third-order valence-corrected chi connectivity index (χ3v) is 8.36. The first kappa shape index (κ1) is 27.5. The highest BCUT2D eigenvalue weighted by Crippen LogP contribution is 2.56. The fourth-order valence-electron chi connectivity index (χ4n) is 4.80. The molecule has 0 spiro atoms. The van der Waals surface area contributed by atoms with Crippen molar-refractivity contribution in [3.8, 4) is 5.75 Å². The van der Waals surface area contributed by atoms with Crippen molar-refractivity contribution in [2.45, 2.75) is 12.6 Å². The fourth-order valence-corrected chi connectivity index (χ4v) is 5.86. The maximum atomic E-state index is 13.7. The standard InChI is InChI=1S/C30H24Cl4N2O3/c1-4-38-22-16-14-21(15-17-22)36(20-8-6-5-7-9-20)30(18-10-12-19(13-11-18)35(2)3)24-23(29(37)39-30)25(31)27(33)28(34)26(24)32/h5-17H,4H2,1-3H3. The van der Waals surface area contributed by atoms with Crippen LogP contribution in [0.3, 0.4) is 0 Å². The minimum Gasteiger partial charge on any atom is -0.494 e. The Bertz CT molecular complexity index is 1530. The molecule has 0 bridgehead atoms. The van der Waals surface area contributed by atoms with Gasteiger partial charge in [0.25, 0.3) is 0 Å². The fraction of sp³-hybridized carbons (Fsp3) is 0.167. The van der Waals surface area contributed by atoms with Crippen molar-refractivity contribution in [3.05, 3.63) is 116 Å². The topological polar surface area (TPSA) is 42.0 Å². The number of fused-ring (bicyclic) bond motifs is 1. The van der Waals surface area contributed by atoms with Gasteiger partial charge in [0.2, 0.25) is 5.72 Å².